The van der Waals surface area contributed by atoms with Gasteiger partial charge in [0.25, 0.3) is 0 Å². The predicted octanol–water partition coefficient (Wildman–Crippen LogP) is 7.20. The van der Waals surface area contributed by atoms with Crippen LogP contribution in [0.15, 0.2) is 79.1 Å². The van der Waals surface area contributed by atoms with Crippen molar-refractivity contribution in [2.75, 3.05) is 0 Å². The van der Waals surface area contributed by atoms with Gasteiger partial charge >= 0.3 is 6.18 Å². The van der Waals surface area contributed by atoms with Gasteiger partial charge in [0.15, 0.2) is 17.5 Å². The number of fused-ring (bicyclic) bond motifs is 1. The third-order valence-corrected chi connectivity index (χ3v) is 5.54. The Morgan fingerprint density at radius 3 is 2.23 bits per heavy atom. The average Bonchev–Trinajstić information content (AvgIpc) is 3.23. The maximum atomic E-state index is 14.9. The van der Waals surface area contributed by atoms with Crippen molar-refractivity contribution < 1.29 is 26.3 Å². The highest BCUT2D eigenvalue weighted by Gasteiger charge is 2.33. The molecule has 0 saturated heterocycles. The first-order valence-corrected chi connectivity index (χ1v) is 10.4. The average molecular weight is 483 g/mol. The molecule has 3 nitrogen and oxygen atoms in total. The van der Waals surface area contributed by atoms with Crippen LogP contribution in [0.5, 0.6) is 0 Å². The number of hydrogen-bond donors (Lipinski definition) is 0. The highest BCUT2D eigenvalue weighted by molar-refractivity contribution is 5.69. The molecule has 2 aliphatic heterocycles. The molecule has 2 aliphatic rings. The minimum Gasteiger partial charge on any atom is -0.348 e. The van der Waals surface area contributed by atoms with Crippen molar-refractivity contribution >= 4 is 0 Å². The summed E-state index contributed by atoms with van der Waals surface area (Å²) in [4.78, 5) is 8.51. The normalized spacial score (nSPS) is 11.8. The summed E-state index contributed by atoms with van der Waals surface area (Å²) in [5.41, 5.74) is 0.0352. The lowest BCUT2D eigenvalue weighted by Gasteiger charge is -2.14. The summed E-state index contributed by atoms with van der Waals surface area (Å²) in [5, 5.41) is 0. The van der Waals surface area contributed by atoms with Gasteiger partial charge in [0.2, 0.25) is 0 Å². The number of nitrogens with zero attached hydrogens (tertiary/aromatic N) is 3. The molecule has 0 fully saturated rings. The summed E-state index contributed by atoms with van der Waals surface area (Å²) in [6.07, 6.45) is -1.33. The molecule has 0 aliphatic carbocycles. The number of hydrogen-bond acceptors (Lipinski definition) is 2. The van der Waals surface area contributed by atoms with E-state index < -0.39 is 29.2 Å². The van der Waals surface area contributed by atoms with Crippen LogP contribution in [0.25, 0.3) is 33.9 Å². The van der Waals surface area contributed by atoms with Gasteiger partial charge in [-0.25, -0.2) is 23.1 Å². The van der Waals surface area contributed by atoms with Crippen molar-refractivity contribution in [3.63, 3.8) is 0 Å². The van der Waals surface area contributed by atoms with E-state index in [2.05, 4.69) is 9.97 Å². The van der Waals surface area contributed by atoms with Crippen LogP contribution in [0.4, 0.5) is 26.3 Å². The Hall–Kier alpha value is -4.14. The van der Waals surface area contributed by atoms with E-state index in [4.69, 9.17) is 0 Å². The van der Waals surface area contributed by atoms with Crippen molar-refractivity contribution in [3.05, 3.63) is 108 Å². The van der Waals surface area contributed by atoms with Gasteiger partial charge in [-0.15, -0.1) is 0 Å². The molecule has 0 atom stereocenters. The molecule has 2 heterocycles. The topological polar surface area (TPSA) is 30.7 Å². The van der Waals surface area contributed by atoms with E-state index in [0.717, 1.165) is 12.1 Å². The van der Waals surface area contributed by atoms with Gasteiger partial charge in [0.1, 0.15) is 11.5 Å². The third kappa shape index (κ3) is 4.37. The zero-order valence-electron chi connectivity index (χ0n) is 17.8. The van der Waals surface area contributed by atoms with Crippen LogP contribution in [0.1, 0.15) is 11.1 Å². The quantitative estimate of drug-likeness (QED) is 0.253. The molecular weight excluding hydrogens is 468 g/mol. The maximum absolute atomic E-state index is 14.9. The van der Waals surface area contributed by atoms with Crippen molar-refractivity contribution in [2.24, 2.45) is 0 Å². The molecule has 0 N–H and O–H groups in total. The standard InChI is InChI=1S/C26H15F6N3/c27-20-7-3-5-18(24(20)29)25-33-22-10-11-35(14-23(22)34-25)13-15-8-9-17(21(28)12-15)16-4-1-2-6-19(16)26(30,31)32/h1-12,14H,13H2. The highest BCUT2D eigenvalue weighted by atomic mass is 19.4. The SMILES string of the molecule is Fc1cc(Cn2ccc3nc(-c4cccc(F)c4F)nc-3c2)ccc1-c1ccccc1C(F)(F)F. The number of imidazole rings is 1. The fourth-order valence-electron chi connectivity index (χ4n) is 3.90. The minimum atomic E-state index is -4.61. The Labute approximate surface area is 195 Å². The molecule has 0 amide bonds. The summed E-state index contributed by atoms with van der Waals surface area (Å²) in [5.74, 6) is -2.79. The van der Waals surface area contributed by atoms with E-state index in [9.17, 15) is 26.3 Å². The molecule has 0 unspecified atom stereocenters. The van der Waals surface area contributed by atoms with Crippen molar-refractivity contribution in [1.29, 1.82) is 0 Å². The highest BCUT2D eigenvalue weighted by Crippen LogP contribution is 2.38. The Bertz CT molecular complexity index is 1510. The minimum absolute atomic E-state index is 0.0356. The van der Waals surface area contributed by atoms with Gasteiger partial charge in [-0.2, -0.15) is 13.2 Å². The van der Waals surface area contributed by atoms with E-state index in [0.29, 0.717) is 17.0 Å². The largest absolute Gasteiger partial charge is 0.417 e. The number of pyridine rings is 1. The smallest absolute Gasteiger partial charge is 0.348 e. The van der Waals surface area contributed by atoms with Crippen molar-refractivity contribution in [2.45, 2.75) is 12.7 Å². The van der Waals surface area contributed by atoms with Crippen LogP contribution in [-0.2, 0) is 12.7 Å². The van der Waals surface area contributed by atoms with Crippen LogP contribution in [0.3, 0.4) is 0 Å². The van der Waals surface area contributed by atoms with Crippen molar-refractivity contribution in [3.8, 4) is 33.9 Å². The van der Waals surface area contributed by atoms with Gasteiger partial charge in [-0.05, 0) is 41.5 Å². The zero-order valence-corrected chi connectivity index (χ0v) is 17.8. The molecule has 35 heavy (non-hydrogen) atoms. The zero-order chi connectivity index (χ0) is 24.7. The number of alkyl halides is 3. The van der Waals surface area contributed by atoms with Gasteiger partial charge in [-0.1, -0.05) is 36.4 Å². The first-order valence-electron chi connectivity index (χ1n) is 10.4. The Kier molecular flexibility index (Phi) is 5.55. The predicted molar refractivity (Wildman–Crippen MR) is 118 cm³/mol. The molecule has 0 aromatic heterocycles. The second-order valence-corrected chi connectivity index (χ2v) is 7.89. The van der Waals surface area contributed by atoms with Gasteiger partial charge in [0.05, 0.1) is 16.8 Å². The van der Waals surface area contributed by atoms with E-state index >= 15 is 0 Å². The maximum Gasteiger partial charge on any atom is 0.417 e. The van der Waals surface area contributed by atoms with Gasteiger partial charge in [-0.3, -0.25) is 0 Å². The van der Waals surface area contributed by atoms with Gasteiger partial charge < -0.3 is 4.57 Å². The van der Waals surface area contributed by atoms with Crippen LogP contribution in [-0.4, -0.2) is 14.5 Å². The van der Waals surface area contributed by atoms with E-state index in [1.54, 1.807) is 29.1 Å². The first-order chi connectivity index (χ1) is 16.7. The van der Waals surface area contributed by atoms with E-state index in [-0.39, 0.29) is 29.1 Å². The lowest BCUT2D eigenvalue weighted by atomic mass is 9.97. The molecule has 9 heteroatoms. The summed E-state index contributed by atoms with van der Waals surface area (Å²) >= 11 is 0. The molecule has 5 rings (SSSR count). The van der Waals surface area contributed by atoms with E-state index in [1.165, 1.54) is 42.5 Å². The number of aromatic nitrogens is 3. The lowest BCUT2D eigenvalue weighted by Crippen LogP contribution is -2.07. The Morgan fingerprint density at radius 1 is 0.714 bits per heavy atom. The molecule has 0 spiro atoms. The van der Waals surface area contributed by atoms with Crippen LogP contribution in [0, 0.1) is 17.5 Å². The summed E-state index contributed by atoms with van der Waals surface area (Å²) < 4.78 is 84.2. The summed E-state index contributed by atoms with van der Waals surface area (Å²) in [7, 11) is 0. The van der Waals surface area contributed by atoms with Gasteiger partial charge in [0, 0.05) is 24.5 Å². The summed E-state index contributed by atoms with van der Waals surface area (Å²) in [6.45, 7) is 0.199. The molecule has 3 aromatic carbocycles. The molecule has 0 saturated carbocycles. The lowest BCUT2D eigenvalue weighted by molar-refractivity contribution is -0.137. The first kappa shape index (κ1) is 22.6. The third-order valence-electron chi connectivity index (χ3n) is 5.54. The fourth-order valence-corrected chi connectivity index (χ4v) is 3.90. The van der Waals surface area contributed by atoms with Crippen molar-refractivity contribution in [1.82, 2.24) is 14.5 Å². The Balaban J connectivity index is 1.44. The molecular formula is C26H15F6N3. The molecule has 176 valence electrons. The fraction of sp³-hybridized carbons (Fsp3) is 0.0769. The number of rotatable bonds is 4. The van der Waals surface area contributed by atoms with Crippen LogP contribution in [0.2, 0.25) is 0 Å². The van der Waals surface area contributed by atoms with Crippen LogP contribution >= 0.6 is 0 Å². The molecule has 3 aromatic rings. The van der Waals surface area contributed by atoms with E-state index in [1.807, 2.05) is 0 Å². The summed E-state index contributed by atoms with van der Waals surface area (Å²) in [6, 6.07) is 14.3. The number of halogens is 6. The van der Waals surface area contributed by atoms with Crippen LogP contribution < -0.4 is 0 Å². The second kappa shape index (κ2) is 8.57. The Morgan fingerprint density at radius 2 is 1.46 bits per heavy atom. The molecule has 0 radical (unpaired) electrons. The second-order valence-electron chi connectivity index (χ2n) is 7.89. The molecule has 0 bridgehead atoms. The monoisotopic (exact) mass is 483 g/mol. The number of benzene rings is 3.